The van der Waals surface area contributed by atoms with Gasteiger partial charge in [-0.1, -0.05) is 35.3 Å². The van der Waals surface area contributed by atoms with Crippen molar-refractivity contribution in [2.75, 3.05) is 26.2 Å². The van der Waals surface area contributed by atoms with Crippen LogP contribution in [0.25, 0.3) is 0 Å². The molecule has 1 heterocycles. The fourth-order valence-corrected chi connectivity index (χ4v) is 2.73. The molecule has 18 heavy (non-hydrogen) atoms. The fraction of sp³-hybridized carbons (Fsp3) is 0.571. The maximum Gasteiger partial charge on any atom is 0.0637 e. The molecular formula is C14H20Cl2N2. The van der Waals surface area contributed by atoms with Crippen molar-refractivity contribution in [3.8, 4) is 0 Å². The molecule has 2 nitrogen and oxygen atoms in total. The highest BCUT2D eigenvalue weighted by Crippen LogP contribution is 2.25. The van der Waals surface area contributed by atoms with Crippen molar-refractivity contribution in [1.82, 2.24) is 10.2 Å². The SMILES string of the molecule is Clc1cccc(CNCCCN2CCCC2)c1Cl. The number of benzene rings is 1. The highest BCUT2D eigenvalue weighted by molar-refractivity contribution is 6.42. The summed E-state index contributed by atoms with van der Waals surface area (Å²) in [5.74, 6) is 0. The minimum absolute atomic E-state index is 0.632. The van der Waals surface area contributed by atoms with Gasteiger partial charge in [0.25, 0.3) is 0 Å². The van der Waals surface area contributed by atoms with E-state index in [1.165, 1.54) is 38.9 Å². The van der Waals surface area contributed by atoms with E-state index in [0.717, 1.165) is 18.7 Å². The van der Waals surface area contributed by atoms with E-state index >= 15 is 0 Å². The minimum Gasteiger partial charge on any atom is -0.313 e. The second-order valence-corrected chi connectivity index (χ2v) is 5.58. The Morgan fingerprint density at radius 3 is 2.72 bits per heavy atom. The molecule has 0 bridgehead atoms. The average molecular weight is 287 g/mol. The summed E-state index contributed by atoms with van der Waals surface area (Å²) in [6, 6.07) is 5.78. The lowest BCUT2D eigenvalue weighted by Gasteiger charge is -2.14. The van der Waals surface area contributed by atoms with Gasteiger partial charge < -0.3 is 10.2 Å². The predicted molar refractivity (Wildman–Crippen MR) is 78.5 cm³/mol. The second kappa shape index (κ2) is 7.34. The lowest BCUT2D eigenvalue weighted by Crippen LogP contribution is -2.24. The Labute approximate surface area is 119 Å². The number of nitrogens with zero attached hydrogens (tertiary/aromatic N) is 1. The average Bonchev–Trinajstić information content (AvgIpc) is 2.87. The van der Waals surface area contributed by atoms with Crippen LogP contribution in [0.1, 0.15) is 24.8 Å². The van der Waals surface area contributed by atoms with Crippen LogP contribution in [0.3, 0.4) is 0 Å². The molecule has 0 atom stereocenters. The van der Waals surface area contributed by atoms with Crippen LogP contribution in [0.5, 0.6) is 0 Å². The fourth-order valence-electron chi connectivity index (χ4n) is 2.34. The largest absolute Gasteiger partial charge is 0.313 e. The van der Waals surface area contributed by atoms with Crippen LogP contribution in [0.2, 0.25) is 10.0 Å². The van der Waals surface area contributed by atoms with Gasteiger partial charge in [-0.25, -0.2) is 0 Å². The molecule has 0 unspecified atom stereocenters. The van der Waals surface area contributed by atoms with E-state index in [1.54, 1.807) is 0 Å². The molecule has 1 N–H and O–H groups in total. The number of halogens is 2. The van der Waals surface area contributed by atoms with Crippen LogP contribution in [0.15, 0.2) is 18.2 Å². The molecule has 0 amide bonds. The number of nitrogens with one attached hydrogen (secondary N) is 1. The molecule has 1 aromatic carbocycles. The third-order valence-corrected chi connectivity index (χ3v) is 4.23. The quantitative estimate of drug-likeness (QED) is 0.805. The van der Waals surface area contributed by atoms with E-state index in [1.807, 2.05) is 18.2 Å². The minimum atomic E-state index is 0.632. The van der Waals surface area contributed by atoms with Gasteiger partial charge in [0.05, 0.1) is 10.0 Å². The molecule has 0 saturated carbocycles. The maximum absolute atomic E-state index is 6.13. The molecule has 0 aromatic heterocycles. The summed E-state index contributed by atoms with van der Waals surface area (Å²) in [6.45, 7) is 5.58. The molecule has 1 aliphatic heterocycles. The highest BCUT2D eigenvalue weighted by Gasteiger charge is 2.10. The number of likely N-dealkylation sites (tertiary alicyclic amines) is 1. The maximum atomic E-state index is 6.13. The van der Waals surface area contributed by atoms with Crippen molar-refractivity contribution >= 4 is 23.2 Å². The Kier molecular flexibility index (Phi) is 5.77. The summed E-state index contributed by atoms with van der Waals surface area (Å²) in [6.07, 6.45) is 3.93. The van der Waals surface area contributed by atoms with Gasteiger partial charge in [-0.05, 0) is 57.1 Å². The summed E-state index contributed by atoms with van der Waals surface area (Å²) < 4.78 is 0. The lowest BCUT2D eigenvalue weighted by molar-refractivity contribution is 0.331. The summed E-state index contributed by atoms with van der Waals surface area (Å²) in [5, 5.41) is 4.73. The smallest absolute Gasteiger partial charge is 0.0637 e. The van der Waals surface area contributed by atoms with E-state index in [-0.39, 0.29) is 0 Å². The van der Waals surface area contributed by atoms with E-state index in [2.05, 4.69) is 10.2 Å². The first-order valence-electron chi connectivity index (χ1n) is 6.63. The first-order valence-corrected chi connectivity index (χ1v) is 7.39. The Morgan fingerprint density at radius 2 is 1.94 bits per heavy atom. The standard InChI is InChI=1S/C14H20Cl2N2/c15-13-6-3-5-12(14(13)16)11-17-7-4-10-18-8-1-2-9-18/h3,5-6,17H,1-2,4,7-11H2. The van der Waals surface area contributed by atoms with Gasteiger partial charge >= 0.3 is 0 Å². The zero-order valence-corrected chi connectivity index (χ0v) is 12.1. The van der Waals surface area contributed by atoms with Gasteiger partial charge in [0.15, 0.2) is 0 Å². The van der Waals surface area contributed by atoms with Crippen LogP contribution in [0.4, 0.5) is 0 Å². The molecule has 100 valence electrons. The van der Waals surface area contributed by atoms with Crippen molar-refractivity contribution in [1.29, 1.82) is 0 Å². The van der Waals surface area contributed by atoms with E-state index < -0.39 is 0 Å². The van der Waals surface area contributed by atoms with Crippen molar-refractivity contribution in [3.63, 3.8) is 0 Å². The molecule has 0 aliphatic carbocycles. The molecule has 2 rings (SSSR count). The molecule has 0 radical (unpaired) electrons. The Bertz CT molecular complexity index is 376. The number of hydrogen-bond acceptors (Lipinski definition) is 2. The van der Waals surface area contributed by atoms with E-state index in [0.29, 0.717) is 10.0 Å². The molecule has 4 heteroatoms. The molecule has 1 aliphatic rings. The lowest BCUT2D eigenvalue weighted by atomic mass is 10.2. The van der Waals surface area contributed by atoms with Gasteiger partial charge in [-0.15, -0.1) is 0 Å². The molecule has 1 fully saturated rings. The van der Waals surface area contributed by atoms with Crippen molar-refractivity contribution in [3.05, 3.63) is 33.8 Å². The monoisotopic (exact) mass is 286 g/mol. The Morgan fingerprint density at radius 1 is 1.17 bits per heavy atom. The predicted octanol–water partition coefficient (Wildman–Crippen LogP) is 3.57. The first kappa shape index (κ1) is 14.1. The second-order valence-electron chi connectivity index (χ2n) is 4.79. The van der Waals surface area contributed by atoms with E-state index in [4.69, 9.17) is 23.2 Å². The third kappa shape index (κ3) is 4.13. The molecular weight excluding hydrogens is 267 g/mol. The summed E-state index contributed by atoms with van der Waals surface area (Å²) in [5.41, 5.74) is 1.07. The van der Waals surface area contributed by atoms with Crippen LogP contribution >= 0.6 is 23.2 Å². The summed E-state index contributed by atoms with van der Waals surface area (Å²) >= 11 is 12.1. The molecule has 0 spiro atoms. The third-order valence-electron chi connectivity index (χ3n) is 3.37. The molecule has 1 aromatic rings. The van der Waals surface area contributed by atoms with Crippen LogP contribution in [-0.4, -0.2) is 31.1 Å². The van der Waals surface area contributed by atoms with Crippen LogP contribution in [0, 0.1) is 0 Å². The van der Waals surface area contributed by atoms with Gasteiger partial charge in [-0.3, -0.25) is 0 Å². The Balaban J connectivity index is 1.64. The van der Waals surface area contributed by atoms with Gasteiger partial charge in [0, 0.05) is 6.54 Å². The van der Waals surface area contributed by atoms with Crippen molar-refractivity contribution < 1.29 is 0 Å². The first-order chi connectivity index (χ1) is 8.77. The zero-order valence-electron chi connectivity index (χ0n) is 10.6. The van der Waals surface area contributed by atoms with Crippen molar-refractivity contribution in [2.24, 2.45) is 0 Å². The number of hydrogen-bond donors (Lipinski definition) is 1. The van der Waals surface area contributed by atoms with Gasteiger partial charge in [-0.2, -0.15) is 0 Å². The normalized spacial score (nSPS) is 16.3. The number of rotatable bonds is 6. The zero-order chi connectivity index (χ0) is 12.8. The summed E-state index contributed by atoms with van der Waals surface area (Å²) in [7, 11) is 0. The van der Waals surface area contributed by atoms with Gasteiger partial charge in [0.2, 0.25) is 0 Å². The Hall–Kier alpha value is -0.280. The molecule has 1 saturated heterocycles. The topological polar surface area (TPSA) is 15.3 Å². The van der Waals surface area contributed by atoms with E-state index in [9.17, 15) is 0 Å². The van der Waals surface area contributed by atoms with Crippen LogP contribution < -0.4 is 5.32 Å². The summed E-state index contributed by atoms with van der Waals surface area (Å²) in [4.78, 5) is 2.54. The van der Waals surface area contributed by atoms with Gasteiger partial charge in [0.1, 0.15) is 0 Å². The van der Waals surface area contributed by atoms with Crippen LogP contribution in [-0.2, 0) is 6.54 Å². The highest BCUT2D eigenvalue weighted by atomic mass is 35.5. The van der Waals surface area contributed by atoms with Crippen molar-refractivity contribution in [2.45, 2.75) is 25.8 Å².